The third-order valence-corrected chi connectivity index (χ3v) is 5.44. The summed E-state index contributed by atoms with van der Waals surface area (Å²) in [4.78, 5) is 27.0. The molecule has 1 N–H and O–H groups in total. The fraction of sp³-hybridized carbons (Fsp3) is 0.875. The third-order valence-electron chi connectivity index (χ3n) is 5.44. The Bertz CT molecular complexity index is 501. The number of nitrogens with zero attached hydrogens (tertiary/aromatic N) is 2. The van der Waals surface area contributed by atoms with Gasteiger partial charge in [0.05, 0.1) is 18.4 Å². The predicted octanol–water partition coefficient (Wildman–Crippen LogP) is 2.11. The van der Waals surface area contributed by atoms with Crippen LogP contribution in [0.2, 0.25) is 0 Å². The van der Waals surface area contributed by atoms with Gasteiger partial charge in [0, 0.05) is 25.2 Å². The van der Waals surface area contributed by atoms with Crippen LogP contribution in [0.25, 0.3) is 0 Å². The Morgan fingerprint density at radius 3 is 2.08 bits per heavy atom. The van der Waals surface area contributed by atoms with Gasteiger partial charge >= 0.3 is 12.1 Å². The molecule has 1 amide bonds. The van der Waals surface area contributed by atoms with Crippen molar-refractivity contribution in [1.29, 1.82) is 0 Å². The van der Waals surface area contributed by atoms with Crippen LogP contribution in [-0.4, -0.2) is 64.7 Å². The smallest absolute Gasteiger partial charge is 0.393 e. The van der Waals surface area contributed by atoms with Gasteiger partial charge in [0.25, 0.3) is 0 Å². The van der Waals surface area contributed by atoms with Crippen molar-refractivity contribution in [3.05, 3.63) is 0 Å². The molecule has 0 aromatic rings. The molecule has 24 heavy (non-hydrogen) atoms. The first-order valence-corrected chi connectivity index (χ1v) is 8.60. The lowest BCUT2D eigenvalue weighted by molar-refractivity contribution is -0.188. The summed E-state index contributed by atoms with van der Waals surface area (Å²) in [6.45, 7) is -0.729. The lowest BCUT2D eigenvalue weighted by atomic mass is 9.96. The first-order chi connectivity index (χ1) is 11.3. The van der Waals surface area contributed by atoms with Crippen LogP contribution in [0.5, 0.6) is 0 Å². The molecule has 1 saturated heterocycles. The molecule has 2 saturated carbocycles. The van der Waals surface area contributed by atoms with Crippen LogP contribution in [0.4, 0.5) is 13.2 Å². The Balaban J connectivity index is 1.64. The largest absolute Gasteiger partial charge is 0.481 e. The number of likely N-dealkylation sites (tertiary alicyclic amines) is 1. The van der Waals surface area contributed by atoms with E-state index in [0.29, 0.717) is 0 Å². The van der Waals surface area contributed by atoms with Crippen LogP contribution in [0.1, 0.15) is 38.5 Å². The summed E-state index contributed by atoms with van der Waals surface area (Å²) in [5.41, 5.74) is 0. The van der Waals surface area contributed by atoms with Gasteiger partial charge in [-0.05, 0) is 25.7 Å². The van der Waals surface area contributed by atoms with Crippen molar-refractivity contribution in [2.75, 3.05) is 19.6 Å². The maximum absolute atomic E-state index is 13.0. The van der Waals surface area contributed by atoms with Gasteiger partial charge in [-0.2, -0.15) is 13.2 Å². The van der Waals surface area contributed by atoms with E-state index in [4.69, 9.17) is 5.11 Å². The predicted molar refractivity (Wildman–Crippen MR) is 79.2 cm³/mol. The monoisotopic (exact) mass is 348 g/mol. The van der Waals surface area contributed by atoms with Crippen LogP contribution in [-0.2, 0) is 9.59 Å². The van der Waals surface area contributed by atoms with E-state index in [0.717, 1.165) is 38.5 Å². The minimum absolute atomic E-state index is 0.108. The molecule has 2 atom stereocenters. The van der Waals surface area contributed by atoms with Crippen LogP contribution >= 0.6 is 0 Å². The average Bonchev–Trinajstić information content (AvgIpc) is 2.99. The van der Waals surface area contributed by atoms with Gasteiger partial charge in [-0.1, -0.05) is 12.8 Å². The molecule has 0 radical (unpaired) electrons. The highest BCUT2D eigenvalue weighted by Gasteiger charge is 2.53. The van der Waals surface area contributed by atoms with Crippen LogP contribution in [0.3, 0.4) is 0 Å². The number of carboxylic acid groups (broad SMARTS) is 1. The molecule has 0 bridgehead atoms. The summed E-state index contributed by atoms with van der Waals surface area (Å²) in [6, 6.07) is 0.443. The van der Waals surface area contributed by atoms with Gasteiger partial charge in [0.15, 0.2) is 0 Å². The number of carbonyl (C=O) groups is 2. The number of carbonyl (C=O) groups excluding carboxylic acids is 1. The summed E-state index contributed by atoms with van der Waals surface area (Å²) < 4.78 is 39.1. The molecule has 2 aliphatic carbocycles. The lowest BCUT2D eigenvalue weighted by Crippen LogP contribution is -2.46. The van der Waals surface area contributed by atoms with E-state index in [1.165, 1.54) is 4.90 Å². The molecule has 0 unspecified atom stereocenters. The Morgan fingerprint density at radius 2 is 1.62 bits per heavy atom. The summed E-state index contributed by atoms with van der Waals surface area (Å²) in [5.74, 6) is -4.97. The minimum Gasteiger partial charge on any atom is -0.481 e. The standard InChI is InChI=1S/C16H23F3N2O3/c17-16(18,19)13-8-20(7-12(13)15(23)24)9-14(22)21(11-5-6-11)10-3-1-2-4-10/h10-13H,1-9H2,(H,23,24)/t12-,13-/m1/s1. The van der Waals surface area contributed by atoms with Gasteiger partial charge < -0.3 is 10.0 Å². The topological polar surface area (TPSA) is 60.9 Å². The van der Waals surface area contributed by atoms with Crippen molar-refractivity contribution < 1.29 is 27.9 Å². The molecular weight excluding hydrogens is 325 g/mol. The highest BCUT2D eigenvalue weighted by Crippen LogP contribution is 2.38. The molecule has 8 heteroatoms. The number of hydrogen-bond acceptors (Lipinski definition) is 3. The maximum Gasteiger partial charge on any atom is 0.393 e. The summed E-state index contributed by atoms with van der Waals surface area (Å²) in [7, 11) is 0. The van der Waals surface area contributed by atoms with E-state index < -0.39 is 30.5 Å². The molecular formula is C16H23F3N2O3. The van der Waals surface area contributed by atoms with Crippen molar-refractivity contribution in [1.82, 2.24) is 9.80 Å². The molecule has 1 heterocycles. The van der Waals surface area contributed by atoms with Gasteiger partial charge in [0.2, 0.25) is 5.91 Å². The van der Waals surface area contributed by atoms with Crippen molar-refractivity contribution >= 4 is 11.9 Å². The SMILES string of the molecule is O=C(O)[C@@H]1CN(CC(=O)N(C2CCCC2)C2CC2)C[C@H]1C(F)(F)F. The molecule has 0 spiro atoms. The van der Waals surface area contributed by atoms with Crippen molar-refractivity contribution in [3.63, 3.8) is 0 Å². The van der Waals surface area contributed by atoms with Crippen LogP contribution in [0.15, 0.2) is 0 Å². The normalized spacial score (nSPS) is 29.1. The van der Waals surface area contributed by atoms with E-state index in [1.54, 1.807) is 0 Å². The Kier molecular flexibility index (Phi) is 4.77. The van der Waals surface area contributed by atoms with Gasteiger partial charge in [0.1, 0.15) is 0 Å². The van der Waals surface area contributed by atoms with E-state index in [1.807, 2.05) is 4.90 Å². The summed E-state index contributed by atoms with van der Waals surface area (Å²) in [5, 5.41) is 9.06. The first kappa shape index (κ1) is 17.5. The fourth-order valence-electron chi connectivity index (χ4n) is 4.11. The number of carboxylic acids is 1. The average molecular weight is 348 g/mol. The third kappa shape index (κ3) is 3.68. The highest BCUT2D eigenvalue weighted by atomic mass is 19.4. The molecule has 0 aromatic heterocycles. The summed E-state index contributed by atoms with van der Waals surface area (Å²) in [6.07, 6.45) is 1.47. The Hall–Kier alpha value is -1.31. The zero-order chi connectivity index (χ0) is 17.5. The molecule has 136 valence electrons. The number of amides is 1. The lowest BCUT2D eigenvalue weighted by Gasteiger charge is -2.31. The number of hydrogen-bond donors (Lipinski definition) is 1. The van der Waals surface area contributed by atoms with E-state index in [9.17, 15) is 22.8 Å². The second kappa shape index (κ2) is 6.54. The number of rotatable bonds is 5. The quantitative estimate of drug-likeness (QED) is 0.827. The highest BCUT2D eigenvalue weighted by molar-refractivity contribution is 5.79. The molecule has 0 aromatic carbocycles. The van der Waals surface area contributed by atoms with Crippen molar-refractivity contribution in [2.24, 2.45) is 11.8 Å². The van der Waals surface area contributed by atoms with E-state index >= 15 is 0 Å². The molecule has 3 fully saturated rings. The van der Waals surface area contributed by atoms with Gasteiger partial charge in [-0.15, -0.1) is 0 Å². The maximum atomic E-state index is 13.0. The number of halogens is 3. The van der Waals surface area contributed by atoms with E-state index in [2.05, 4.69) is 0 Å². The van der Waals surface area contributed by atoms with Crippen molar-refractivity contribution in [3.8, 4) is 0 Å². The summed E-state index contributed by atoms with van der Waals surface area (Å²) >= 11 is 0. The number of alkyl halides is 3. The minimum atomic E-state index is -4.55. The Morgan fingerprint density at radius 1 is 1.04 bits per heavy atom. The van der Waals surface area contributed by atoms with E-state index in [-0.39, 0.29) is 31.1 Å². The second-order valence-corrected chi connectivity index (χ2v) is 7.26. The van der Waals surface area contributed by atoms with Crippen molar-refractivity contribution in [2.45, 2.75) is 56.8 Å². The van der Waals surface area contributed by atoms with Gasteiger partial charge in [-0.3, -0.25) is 14.5 Å². The first-order valence-electron chi connectivity index (χ1n) is 8.60. The molecule has 3 aliphatic rings. The zero-order valence-electron chi connectivity index (χ0n) is 13.5. The van der Waals surface area contributed by atoms with Crippen LogP contribution < -0.4 is 0 Å². The van der Waals surface area contributed by atoms with Gasteiger partial charge in [-0.25, -0.2) is 0 Å². The second-order valence-electron chi connectivity index (χ2n) is 7.26. The van der Waals surface area contributed by atoms with Crippen LogP contribution in [0, 0.1) is 11.8 Å². The number of aliphatic carboxylic acids is 1. The molecule has 3 rings (SSSR count). The Labute approximate surface area is 138 Å². The molecule has 5 nitrogen and oxygen atoms in total. The fourth-order valence-corrected chi connectivity index (χ4v) is 4.11. The molecule has 1 aliphatic heterocycles. The zero-order valence-corrected chi connectivity index (χ0v) is 13.5.